The molecule has 0 aliphatic carbocycles. The van der Waals surface area contributed by atoms with E-state index in [9.17, 15) is 8.60 Å². The highest BCUT2D eigenvalue weighted by atomic mass is 32.2. The van der Waals surface area contributed by atoms with Crippen LogP contribution in [0.5, 0.6) is 5.75 Å². The van der Waals surface area contributed by atoms with Crippen LogP contribution in [0.2, 0.25) is 0 Å². The Balaban J connectivity index is 2.08. The first-order valence-corrected chi connectivity index (χ1v) is 7.16. The van der Waals surface area contributed by atoms with Crippen molar-refractivity contribution < 1.29 is 17.8 Å². The van der Waals surface area contributed by atoms with Gasteiger partial charge in [0.25, 0.3) is 0 Å². The number of hydrogen-bond acceptors (Lipinski definition) is 4. The summed E-state index contributed by atoms with van der Waals surface area (Å²) in [4.78, 5) is 3.99. The molecule has 0 amide bonds. The number of halogens is 1. The molecule has 4 nitrogen and oxygen atoms in total. The van der Waals surface area contributed by atoms with Gasteiger partial charge in [-0.05, 0) is 25.1 Å². The van der Waals surface area contributed by atoms with E-state index in [2.05, 4.69) is 4.98 Å². The summed E-state index contributed by atoms with van der Waals surface area (Å²) < 4.78 is 35.6. The van der Waals surface area contributed by atoms with Crippen molar-refractivity contribution in [3.8, 4) is 5.75 Å². The van der Waals surface area contributed by atoms with Crippen molar-refractivity contribution in [3.63, 3.8) is 0 Å². The smallest absolute Gasteiger partial charge is 0.206 e. The Hall–Kier alpha value is -1.69. The van der Waals surface area contributed by atoms with Gasteiger partial charge in [-0.15, -0.1) is 0 Å². The maximum atomic E-state index is 13.2. The molecule has 0 saturated heterocycles. The normalized spacial score (nSPS) is 12.4. The van der Waals surface area contributed by atoms with E-state index in [1.54, 1.807) is 13.1 Å². The molecule has 6 heteroatoms. The van der Waals surface area contributed by atoms with Crippen molar-refractivity contribution in [2.45, 2.75) is 18.4 Å². The van der Waals surface area contributed by atoms with Crippen molar-refractivity contribution >= 4 is 10.8 Å². The molecular formula is C13H14FNO3S. The second-order valence-electron chi connectivity index (χ2n) is 4.05. The number of ether oxygens (including phenoxy) is 1. The lowest BCUT2D eigenvalue weighted by molar-refractivity contribution is 0.410. The summed E-state index contributed by atoms with van der Waals surface area (Å²) >= 11 is 0. The molecule has 0 fully saturated rings. The average molecular weight is 283 g/mol. The maximum absolute atomic E-state index is 13.2. The molecule has 19 heavy (non-hydrogen) atoms. The van der Waals surface area contributed by atoms with E-state index in [-0.39, 0.29) is 17.3 Å². The fraction of sp³-hybridized carbons (Fsp3) is 0.308. The van der Waals surface area contributed by atoms with Crippen LogP contribution in [-0.4, -0.2) is 16.3 Å². The van der Waals surface area contributed by atoms with E-state index in [0.717, 1.165) is 0 Å². The number of oxazole rings is 1. The van der Waals surface area contributed by atoms with Crippen LogP contribution >= 0.6 is 0 Å². The van der Waals surface area contributed by atoms with Gasteiger partial charge in [-0.2, -0.15) is 0 Å². The molecule has 2 aromatic rings. The number of aryl methyl sites for hydroxylation is 1. The van der Waals surface area contributed by atoms with Crippen LogP contribution in [0.3, 0.4) is 0 Å². The Morgan fingerprint density at radius 2 is 2.21 bits per heavy atom. The number of methoxy groups -OCH3 is 1. The molecule has 0 saturated carbocycles. The molecule has 1 aromatic heterocycles. The van der Waals surface area contributed by atoms with Gasteiger partial charge in [-0.1, -0.05) is 0 Å². The summed E-state index contributed by atoms with van der Waals surface area (Å²) in [6, 6.07) is 4.16. The number of aromatic nitrogens is 1. The first-order chi connectivity index (χ1) is 9.08. The number of nitrogens with zero attached hydrogens (tertiary/aromatic N) is 1. The Bertz CT molecular complexity index is 597. The fourth-order valence-electron chi connectivity index (χ4n) is 1.69. The van der Waals surface area contributed by atoms with Crippen LogP contribution in [-0.2, 0) is 22.3 Å². The molecule has 1 aromatic carbocycles. The zero-order valence-corrected chi connectivity index (χ0v) is 11.5. The van der Waals surface area contributed by atoms with E-state index < -0.39 is 10.8 Å². The summed E-state index contributed by atoms with van der Waals surface area (Å²) in [7, 11) is 0.265. The molecule has 102 valence electrons. The van der Waals surface area contributed by atoms with Crippen molar-refractivity contribution in [2.75, 3.05) is 7.11 Å². The lowest BCUT2D eigenvalue weighted by atomic mass is 10.2. The van der Waals surface area contributed by atoms with Gasteiger partial charge in [0, 0.05) is 16.4 Å². The van der Waals surface area contributed by atoms with Gasteiger partial charge in [0.15, 0.2) is 0 Å². The highest BCUT2D eigenvalue weighted by Crippen LogP contribution is 2.21. The molecule has 1 unspecified atom stereocenters. The Kier molecular flexibility index (Phi) is 4.31. The van der Waals surface area contributed by atoms with Gasteiger partial charge in [0.05, 0.1) is 19.1 Å². The lowest BCUT2D eigenvalue weighted by Crippen LogP contribution is -2.02. The summed E-state index contributed by atoms with van der Waals surface area (Å²) in [5, 5.41) is 0. The second-order valence-corrected chi connectivity index (χ2v) is 5.51. The van der Waals surface area contributed by atoms with E-state index >= 15 is 0 Å². The minimum atomic E-state index is -1.23. The van der Waals surface area contributed by atoms with Gasteiger partial charge in [-0.25, -0.2) is 9.37 Å². The molecule has 1 heterocycles. The fourth-order valence-corrected chi connectivity index (χ4v) is 2.77. The monoisotopic (exact) mass is 283 g/mol. The van der Waals surface area contributed by atoms with E-state index in [1.165, 1.54) is 25.3 Å². The quantitative estimate of drug-likeness (QED) is 0.846. The third kappa shape index (κ3) is 3.64. The molecule has 0 radical (unpaired) electrons. The predicted octanol–water partition coefficient (Wildman–Crippen LogP) is 2.58. The van der Waals surface area contributed by atoms with Crippen LogP contribution in [0.25, 0.3) is 0 Å². The number of hydrogen-bond donors (Lipinski definition) is 0. The summed E-state index contributed by atoms with van der Waals surface area (Å²) in [6.45, 7) is 1.77. The first kappa shape index (κ1) is 13.7. The standard InChI is InChI=1S/C13H14FNO3S/c1-9-6-15-13(18-9)8-19(16)7-10-5-11(14)3-4-12(10)17-2/h3-6H,7-8H2,1-2H3. The minimum Gasteiger partial charge on any atom is -0.496 e. The minimum absolute atomic E-state index is 0.197. The molecule has 0 aliphatic rings. The Labute approximate surface area is 113 Å². The van der Waals surface area contributed by atoms with E-state index in [0.29, 0.717) is 23.0 Å². The summed E-state index contributed by atoms with van der Waals surface area (Å²) in [5.41, 5.74) is 0.573. The van der Waals surface area contributed by atoms with E-state index in [1.807, 2.05) is 0 Å². The van der Waals surface area contributed by atoms with Crippen LogP contribution in [0.15, 0.2) is 28.8 Å². The molecule has 0 aliphatic heterocycles. The first-order valence-electron chi connectivity index (χ1n) is 5.67. The third-order valence-electron chi connectivity index (χ3n) is 2.51. The largest absolute Gasteiger partial charge is 0.496 e. The molecule has 0 bridgehead atoms. The van der Waals surface area contributed by atoms with Crippen LogP contribution in [0.4, 0.5) is 4.39 Å². The number of rotatable bonds is 5. The van der Waals surface area contributed by atoms with E-state index in [4.69, 9.17) is 9.15 Å². The van der Waals surface area contributed by atoms with Crippen molar-refractivity contribution in [2.24, 2.45) is 0 Å². The Morgan fingerprint density at radius 1 is 1.42 bits per heavy atom. The van der Waals surface area contributed by atoms with Gasteiger partial charge in [-0.3, -0.25) is 4.21 Å². The summed E-state index contributed by atoms with van der Waals surface area (Å²) in [6.07, 6.45) is 1.58. The maximum Gasteiger partial charge on any atom is 0.206 e. The van der Waals surface area contributed by atoms with Crippen LogP contribution < -0.4 is 4.74 Å². The van der Waals surface area contributed by atoms with Gasteiger partial charge >= 0.3 is 0 Å². The predicted molar refractivity (Wildman–Crippen MR) is 69.7 cm³/mol. The topological polar surface area (TPSA) is 52.3 Å². The lowest BCUT2D eigenvalue weighted by Gasteiger charge is -2.07. The van der Waals surface area contributed by atoms with Crippen LogP contribution in [0, 0.1) is 12.7 Å². The zero-order valence-electron chi connectivity index (χ0n) is 10.7. The molecular weight excluding hydrogens is 269 g/mol. The molecule has 1 atom stereocenters. The van der Waals surface area contributed by atoms with Crippen molar-refractivity contribution in [3.05, 3.63) is 47.4 Å². The highest BCUT2D eigenvalue weighted by molar-refractivity contribution is 7.83. The van der Waals surface area contributed by atoms with Crippen molar-refractivity contribution in [1.82, 2.24) is 4.98 Å². The van der Waals surface area contributed by atoms with Gasteiger partial charge in [0.1, 0.15) is 23.1 Å². The molecule has 0 spiro atoms. The zero-order chi connectivity index (χ0) is 13.8. The third-order valence-corrected chi connectivity index (χ3v) is 3.71. The average Bonchev–Trinajstić information content (AvgIpc) is 2.75. The van der Waals surface area contributed by atoms with Gasteiger partial charge in [0.2, 0.25) is 5.89 Å². The van der Waals surface area contributed by atoms with Crippen molar-refractivity contribution in [1.29, 1.82) is 0 Å². The molecule has 2 rings (SSSR count). The highest BCUT2D eigenvalue weighted by Gasteiger charge is 2.12. The molecule has 0 N–H and O–H groups in total. The van der Waals surface area contributed by atoms with Crippen LogP contribution in [0.1, 0.15) is 17.2 Å². The Morgan fingerprint density at radius 3 is 2.84 bits per heavy atom. The van der Waals surface area contributed by atoms with Gasteiger partial charge < -0.3 is 9.15 Å². The SMILES string of the molecule is COc1ccc(F)cc1CS(=O)Cc1ncc(C)o1. The second kappa shape index (κ2) is 5.97. The number of benzene rings is 1. The summed E-state index contributed by atoms with van der Waals surface area (Å²) in [5.74, 6) is 1.65.